The predicted molar refractivity (Wildman–Crippen MR) is 126 cm³/mol. The lowest BCUT2D eigenvalue weighted by Crippen LogP contribution is -2.51. The van der Waals surface area contributed by atoms with Crippen molar-refractivity contribution < 1.29 is 24.6 Å². The monoisotopic (exact) mass is 459 g/mol. The molecule has 2 atom stereocenters. The van der Waals surface area contributed by atoms with Gasteiger partial charge in [-0.2, -0.15) is 0 Å². The molecule has 1 aliphatic heterocycles. The maximum atomic E-state index is 13.0. The molecule has 1 fully saturated rings. The number of nitrogens with one attached hydrogen (secondary N) is 2. The number of anilines is 1. The van der Waals surface area contributed by atoms with E-state index in [0.717, 1.165) is 50.6 Å². The molecule has 0 bridgehead atoms. The maximum absolute atomic E-state index is 13.0. The SMILES string of the molecule is O=C(O)N[C@@H](CC1CCCCC1)C(=O)N[C@H](CO)CCC(=O)N1CCCCc2ccccc21. The first-order valence-electron chi connectivity index (χ1n) is 12.3. The zero-order chi connectivity index (χ0) is 23.6. The third-order valence-corrected chi connectivity index (χ3v) is 6.84. The van der Waals surface area contributed by atoms with Gasteiger partial charge in [-0.05, 0) is 49.7 Å². The summed E-state index contributed by atoms with van der Waals surface area (Å²) in [5.74, 6) is -0.146. The van der Waals surface area contributed by atoms with E-state index in [1.807, 2.05) is 23.1 Å². The molecule has 0 spiro atoms. The molecular weight excluding hydrogens is 422 g/mol. The van der Waals surface area contributed by atoms with Crippen LogP contribution in [-0.4, -0.2) is 53.4 Å². The first-order chi connectivity index (χ1) is 16.0. The fraction of sp³-hybridized carbons (Fsp3) is 0.640. The molecule has 3 amide bonds. The molecule has 1 aliphatic carbocycles. The van der Waals surface area contributed by atoms with Crippen molar-refractivity contribution in [2.75, 3.05) is 18.1 Å². The van der Waals surface area contributed by atoms with Gasteiger partial charge in [-0.15, -0.1) is 0 Å². The lowest BCUT2D eigenvalue weighted by Gasteiger charge is -2.27. The summed E-state index contributed by atoms with van der Waals surface area (Å²) in [6.45, 7) is 0.358. The van der Waals surface area contributed by atoms with E-state index in [4.69, 9.17) is 0 Å². The summed E-state index contributed by atoms with van der Waals surface area (Å²) in [5.41, 5.74) is 2.11. The lowest BCUT2D eigenvalue weighted by molar-refractivity contribution is -0.125. The highest BCUT2D eigenvalue weighted by Crippen LogP contribution is 2.28. The molecule has 0 radical (unpaired) electrons. The van der Waals surface area contributed by atoms with Gasteiger partial charge in [-0.25, -0.2) is 4.79 Å². The highest BCUT2D eigenvalue weighted by atomic mass is 16.4. The van der Waals surface area contributed by atoms with Crippen molar-refractivity contribution in [3.8, 4) is 0 Å². The topological polar surface area (TPSA) is 119 Å². The van der Waals surface area contributed by atoms with Gasteiger partial charge in [0.2, 0.25) is 11.8 Å². The van der Waals surface area contributed by atoms with Crippen molar-refractivity contribution in [2.45, 2.75) is 82.7 Å². The molecule has 1 saturated carbocycles. The third kappa shape index (κ3) is 7.45. The molecule has 8 heteroatoms. The fourth-order valence-corrected chi connectivity index (χ4v) is 5.03. The van der Waals surface area contributed by atoms with Crippen LogP contribution in [0.2, 0.25) is 0 Å². The number of para-hydroxylation sites is 1. The average Bonchev–Trinajstić information content (AvgIpc) is 3.04. The van der Waals surface area contributed by atoms with Gasteiger partial charge in [0.05, 0.1) is 12.6 Å². The largest absolute Gasteiger partial charge is 0.465 e. The number of benzene rings is 1. The van der Waals surface area contributed by atoms with Crippen LogP contribution in [0.3, 0.4) is 0 Å². The van der Waals surface area contributed by atoms with E-state index in [9.17, 15) is 24.6 Å². The van der Waals surface area contributed by atoms with E-state index in [2.05, 4.69) is 16.7 Å². The van der Waals surface area contributed by atoms with Crippen LogP contribution in [0, 0.1) is 5.92 Å². The van der Waals surface area contributed by atoms with Crippen molar-refractivity contribution >= 4 is 23.6 Å². The molecule has 3 rings (SSSR count). The van der Waals surface area contributed by atoms with Gasteiger partial charge in [0, 0.05) is 18.7 Å². The van der Waals surface area contributed by atoms with Crippen LogP contribution in [0.4, 0.5) is 10.5 Å². The summed E-state index contributed by atoms with van der Waals surface area (Å²) in [6.07, 6.45) is 8.03. The Morgan fingerprint density at radius 2 is 1.79 bits per heavy atom. The molecule has 182 valence electrons. The molecule has 1 aromatic rings. The normalized spacial score (nSPS) is 18.5. The smallest absolute Gasteiger partial charge is 0.405 e. The number of fused-ring (bicyclic) bond motifs is 1. The number of hydrogen-bond donors (Lipinski definition) is 4. The Morgan fingerprint density at radius 1 is 1.03 bits per heavy atom. The van der Waals surface area contributed by atoms with Crippen LogP contribution >= 0.6 is 0 Å². The second-order valence-corrected chi connectivity index (χ2v) is 9.30. The number of carboxylic acid groups (broad SMARTS) is 1. The predicted octanol–water partition coefficient (Wildman–Crippen LogP) is 3.22. The first-order valence-corrected chi connectivity index (χ1v) is 12.3. The number of nitrogens with zero attached hydrogens (tertiary/aromatic N) is 1. The van der Waals surface area contributed by atoms with Gasteiger partial charge >= 0.3 is 6.09 Å². The van der Waals surface area contributed by atoms with Crippen LogP contribution in [0.1, 0.15) is 69.8 Å². The minimum absolute atomic E-state index is 0.0283. The van der Waals surface area contributed by atoms with Crippen LogP contribution in [-0.2, 0) is 16.0 Å². The number of hydrogen-bond acceptors (Lipinski definition) is 4. The lowest BCUT2D eigenvalue weighted by atomic mass is 9.84. The maximum Gasteiger partial charge on any atom is 0.405 e. The van der Waals surface area contributed by atoms with E-state index in [1.165, 1.54) is 12.0 Å². The van der Waals surface area contributed by atoms with Crippen molar-refractivity contribution in [1.82, 2.24) is 10.6 Å². The molecule has 0 aromatic heterocycles. The number of carbonyl (C=O) groups excluding carboxylic acids is 2. The molecule has 1 heterocycles. The molecular formula is C25H37N3O5. The Labute approximate surface area is 195 Å². The van der Waals surface area contributed by atoms with Crippen molar-refractivity contribution in [3.63, 3.8) is 0 Å². The number of aliphatic hydroxyl groups excluding tert-OH is 1. The van der Waals surface area contributed by atoms with Crippen molar-refractivity contribution in [1.29, 1.82) is 0 Å². The summed E-state index contributed by atoms with van der Waals surface area (Å²) in [4.78, 5) is 38.9. The quantitative estimate of drug-likeness (QED) is 0.452. The summed E-state index contributed by atoms with van der Waals surface area (Å²) < 4.78 is 0. The Hall–Kier alpha value is -2.61. The van der Waals surface area contributed by atoms with Gasteiger partial charge in [-0.3, -0.25) is 9.59 Å². The molecule has 4 N–H and O–H groups in total. The summed E-state index contributed by atoms with van der Waals surface area (Å²) in [6, 6.07) is 6.49. The van der Waals surface area contributed by atoms with E-state index in [-0.39, 0.29) is 18.9 Å². The second-order valence-electron chi connectivity index (χ2n) is 9.30. The number of amides is 3. The Morgan fingerprint density at radius 3 is 2.52 bits per heavy atom. The van der Waals surface area contributed by atoms with Crippen molar-refractivity contribution in [2.24, 2.45) is 5.92 Å². The molecule has 0 unspecified atom stereocenters. The Kier molecular flexibility index (Phi) is 9.54. The number of aryl methyl sites for hydroxylation is 1. The second kappa shape index (κ2) is 12.6. The third-order valence-electron chi connectivity index (χ3n) is 6.84. The minimum atomic E-state index is -1.23. The summed E-state index contributed by atoms with van der Waals surface area (Å²) in [5, 5.41) is 24.1. The fourth-order valence-electron chi connectivity index (χ4n) is 5.03. The van der Waals surface area contributed by atoms with Crippen LogP contribution in [0.25, 0.3) is 0 Å². The number of rotatable bonds is 9. The van der Waals surface area contributed by atoms with E-state index >= 15 is 0 Å². The van der Waals surface area contributed by atoms with Gasteiger partial charge in [0.15, 0.2) is 0 Å². The molecule has 2 aliphatic rings. The zero-order valence-corrected chi connectivity index (χ0v) is 19.3. The molecule has 8 nitrogen and oxygen atoms in total. The number of carbonyl (C=O) groups is 3. The van der Waals surface area contributed by atoms with E-state index < -0.39 is 24.1 Å². The van der Waals surface area contributed by atoms with Gasteiger partial charge < -0.3 is 25.7 Å². The first kappa shape index (κ1) is 25.0. The van der Waals surface area contributed by atoms with E-state index in [1.54, 1.807) is 0 Å². The summed E-state index contributed by atoms with van der Waals surface area (Å²) >= 11 is 0. The van der Waals surface area contributed by atoms with Crippen LogP contribution in [0.5, 0.6) is 0 Å². The number of aliphatic hydroxyl groups is 1. The van der Waals surface area contributed by atoms with Gasteiger partial charge in [0.1, 0.15) is 6.04 Å². The molecule has 1 aromatic carbocycles. The van der Waals surface area contributed by atoms with Crippen LogP contribution < -0.4 is 15.5 Å². The molecule has 0 saturated heterocycles. The Bertz CT molecular complexity index is 809. The van der Waals surface area contributed by atoms with Gasteiger partial charge in [-0.1, -0.05) is 50.3 Å². The highest BCUT2D eigenvalue weighted by molar-refractivity contribution is 5.94. The molecule has 33 heavy (non-hydrogen) atoms. The highest BCUT2D eigenvalue weighted by Gasteiger charge is 2.28. The van der Waals surface area contributed by atoms with Crippen LogP contribution in [0.15, 0.2) is 24.3 Å². The van der Waals surface area contributed by atoms with Gasteiger partial charge in [0.25, 0.3) is 0 Å². The minimum Gasteiger partial charge on any atom is -0.465 e. The average molecular weight is 460 g/mol. The van der Waals surface area contributed by atoms with E-state index in [0.29, 0.717) is 25.3 Å². The summed E-state index contributed by atoms with van der Waals surface area (Å²) in [7, 11) is 0. The standard InChI is InChI=1S/C25H37N3O5/c29-17-20(26-24(31)21(27-25(32)33)16-18-8-2-1-3-9-18)13-14-23(30)28-15-7-6-11-19-10-4-5-12-22(19)28/h4-5,10,12,18,20-21,27,29H,1-3,6-9,11,13-17H2,(H,26,31)(H,32,33)/t20-,21-/m0/s1. The Balaban J connectivity index is 1.56. The zero-order valence-electron chi connectivity index (χ0n) is 19.3. The van der Waals surface area contributed by atoms with Crippen molar-refractivity contribution in [3.05, 3.63) is 29.8 Å².